The lowest BCUT2D eigenvalue weighted by Crippen LogP contribution is -2.26. The molecule has 0 atom stereocenters. The van der Waals surface area contributed by atoms with Crippen LogP contribution in [0.5, 0.6) is 0 Å². The number of hydrogen-bond acceptors (Lipinski definition) is 8. The average molecular weight is 557 g/mol. The maximum atomic E-state index is 10.2. The van der Waals surface area contributed by atoms with Crippen molar-refractivity contribution in [2.24, 2.45) is 0 Å². The smallest absolute Gasteiger partial charge is 0.328 e. The van der Waals surface area contributed by atoms with Gasteiger partial charge in [0.2, 0.25) is 0 Å². The summed E-state index contributed by atoms with van der Waals surface area (Å²) in [4.78, 5) is 43.9. The van der Waals surface area contributed by atoms with Gasteiger partial charge in [-0.15, -0.1) is 25.3 Å². The molecule has 0 radical (unpaired) electrons. The van der Waals surface area contributed by atoms with Crippen LogP contribution >= 0.6 is 49.7 Å². The highest BCUT2D eigenvalue weighted by Gasteiger charge is 2.03. The minimum Gasteiger partial charge on any atom is -0.478 e. The Morgan fingerprint density at radius 2 is 0.735 bits per heavy atom. The first-order valence-corrected chi connectivity index (χ1v) is 10.1. The predicted molar refractivity (Wildman–Crippen MR) is 143 cm³/mol. The summed E-state index contributed by atoms with van der Waals surface area (Å²) >= 11 is 17.5. The fourth-order valence-corrected chi connectivity index (χ4v) is 2.21. The number of thiol groups is 2. The molecule has 0 aromatic heterocycles. The van der Waals surface area contributed by atoms with Crippen molar-refractivity contribution in [2.75, 3.05) is 26.2 Å². The van der Waals surface area contributed by atoms with E-state index in [1.165, 1.54) is 34.1 Å². The van der Waals surface area contributed by atoms with Crippen molar-refractivity contribution in [3.8, 4) is 0 Å². The van der Waals surface area contributed by atoms with Crippen LogP contribution in [0.3, 0.4) is 0 Å². The molecule has 0 aromatic carbocycles. The Balaban J connectivity index is -0.000000250. The second-order valence-electron chi connectivity index (χ2n) is 5.34. The number of carboxylic acid groups (broad SMARTS) is 4. The van der Waals surface area contributed by atoms with Crippen LogP contribution in [0.4, 0.5) is 0 Å². The minimum absolute atomic E-state index is 0. The number of hydrogen-bond donors (Lipinski definition) is 8. The normalized spacial score (nSPS) is 10.2. The molecule has 0 saturated heterocycles. The van der Waals surface area contributed by atoms with Gasteiger partial charge in [-0.05, 0) is 0 Å². The highest BCUT2D eigenvalue weighted by molar-refractivity contribution is 8.11. The Hall–Kier alpha value is -2.76. The van der Waals surface area contributed by atoms with Gasteiger partial charge in [-0.25, -0.2) is 19.2 Å². The van der Waals surface area contributed by atoms with Crippen molar-refractivity contribution >= 4 is 82.2 Å². The van der Waals surface area contributed by atoms with E-state index in [1.54, 1.807) is 0 Å². The average Bonchev–Trinajstić information content (AvgIpc) is 2.64. The maximum absolute atomic E-state index is 10.2. The van der Waals surface area contributed by atoms with Crippen molar-refractivity contribution in [3.63, 3.8) is 0 Å². The van der Waals surface area contributed by atoms with Gasteiger partial charge in [-0.3, -0.25) is 0 Å². The van der Waals surface area contributed by atoms with Gasteiger partial charge < -0.3 is 42.5 Å². The minimum atomic E-state index is -1.05. The van der Waals surface area contributed by atoms with E-state index in [0.29, 0.717) is 0 Å². The maximum Gasteiger partial charge on any atom is 0.328 e. The van der Waals surface area contributed by atoms with E-state index in [1.807, 2.05) is 0 Å². The molecule has 0 aromatic rings. The molecule has 0 unspecified atom stereocenters. The molecule has 10 N–H and O–H groups in total. The first-order chi connectivity index (χ1) is 14.9. The van der Waals surface area contributed by atoms with Crippen LogP contribution < -0.4 is 12.3 Å². The first-order valence-electron chi connectivity index (χ1n) is 8.40. The summed E-state index contributed by atoms with van der Waals surface area (Å²) in [7, 11) is 0. The van der Waals surface area contributed by atoms with Gasteiger partial charge in [0, 0.05) is 50.5 Å². The number of carboxylic acids is 4. The largest absolute Gasteiger partial charge is 0.478 e. The predicted octanol–water partition coefficient (Wildman–Crippen LogP) is 1.89. The van der Waals surface area contributed by atoms with E-state index in [2.05, 4.69) is 25.3 Å². The van der Waals surface area contributed by atoms with Gasteiger partial charge in [0.05, 0.1) is 0 Å². The highest BCUT2D eigenvalue weighted by Crippen LogP contribution is 1.99. The second kappa shape index (κ2) is 23.4. The number of carbonyl (C=O) groups is 4. The Bertz CT molecular complexity index is 698. The van der Waals surface area contributed by atoms with Gasteiger partial charge in [0.1, 0.15) is 8.64 Å². The molecule has 0 aliphatic heterocycles. The molecule has 0 aliphatic rings. The van der Waals surface area contributed by atoms with Gasteiger partial charge in [-0.1, -0.05) is 48.7 Å². The number of rotatable bonds is 12. The molecule has 16 heteroatoms. The topological polar surface area (TPSA) is 226 Å². The lowest BCUT2D eigenvalue weighted by atomic mass is 10.4. The molecule has 12 nitrogen and oxygen atoms in total. The fourth-order valence-electron chi connectivity index (χ4n) is 1.58. The molecule has 0 fully saturated rings. The van der Waals surface area contributed by atoms with Crippen LogP contribution in [0.1, 0.15) is 0 Å². The summed E-state index contributed by atoms with van der Waals surface area (Å²) in [5.41, 5.74) is 0. The summed E-state index contributed by atoms with van der Waals surface area (Å²) in [5, 5.41) is 33.5. The molecule has 0 amide bonds. The lowest BCUT2D eigenvalue weighted by molar-refractivity contribution is -0.132. The van der Waals surface area contributed by atoms with Crippen LogP contribution in [0, 0.1) is 0 Å². The zero-order chi connectivity index (χ0) is 25.1. The van der Waals surface area contributed by atoms with Crippen molar-refractivity contribution in [2.45, 2.75) is 0 Å². The van der Waals surface area contributed by atoms with Gasteiger partial charge >= 0.3 is 23.9 Å². The van der Waals surface area contributed by atoms with E-state index in [-0.39, 0.29) is 47.1 Å². The highest BCUT2D eigenvalue weighted by atomic mass is 32.1. The Kier molecular flexibility index (Phi) is 26.5. The molecule has 0 aliphatic carbocycles. The fraction of sp³-hybridized carbons (Fsp3) is 0.222. The third kappa shape index (κ3) is 27.3. The van der Waals surface area contributed by atoms with Crippen molar-refractivity contribution < 1.29 is 39.6 Å². The molecule has 192 valence electrons. The molecular weight excluding hydrogens is 528 g/mol. The van der Waals surface area contributed by atoms with Crippen LogP contribution in [0.25, 0.3) is 0 Å². The van der Waals surface area contributed by atoms with Crippen molar-refractivity contribution in [1.82, 2.24) is 22.1 Å². The number of nitrogens with zero attached hydrogens (tertiary/aromatic N) is 2. The Morgan fingerprint density at radius 1 is 0.559 bits per heavy atom. The SMILES string of the molecule is N.N.O=C(O)C=CCN(CC=CC(=O)O)C(=S)S.O=C(O)C=CCN(CC=CC(=O)O)C(=S)S. The Labute approximate surface area is 218 Å². The first kappa shape index (κ1) is 38.5. The van der Waals surface area contributed by atoms with Crippen LogP contribution in [-0.2, 0) is 19.2 Å². The summed E-state index contributed by atoms with van der Waals surface area (Å²) in [5.74, 6) is -4.20. The monoisotopic (exact) mass is 556 g/mol. The lowest BCUT2D eigenvalue weighted by Gasteiger charge is -2.18. The van der Waals surface area contributed by atoms with Crippen LogP contribution in [0.15, 0.2) is 48.6 Å². The molecule has 0 rings (SSSR count). The summed E-state index contributed by atoms with van der Waals surface area (Å²) in [6, 6.07) is 0. The zero-order valence-corrected chi connectivity index (χ0v) is 21.3. The molecule has 0 bridgehead atoms. The molecule has 0 spiro atoms. The summed E-state index contributed by atoms with van der Waals surface area (Å²) in [6.45, 7) is 1.05. The third-order valence-electron chi connectivity index (χ3n) is 2.89. The van der Waals surface area contributed by atoms with E-state index in [4.69, 9.17) is 44.9 Å². The second-order valence-corrected chi connectivity index (χ2v) is 7.56. The van der Waals surface area contributed by atoms with Crippen molar-refractivity contribution in [1.29, 1.82) is 0 Å². The molecule has 34 heavy (non-hydrogen) atoms. The van der Waals surface area contributed by atoms with Gasteiger partial charge in [0.25, 0.3) is 0 Å². The van der Waals surface area contributed by atoms with E-state index >= 15 is 0 Å². The summed E-state index contributed by atoms with van der Waals surface area (Å²) in [6.07, 6.45) is 9.55. The van der Waals surface area contributed by atoms with Crippen molar-refractivity contribution in [3.05, 3.63) is 48.6 Å². The van der Waals surface area contributed by atoms with Crippen LogP contribution in [0.2, 0.25) is 0 Å². The standard InChI is InChI=1S/2C9H11NO4S2.2H3N/c2*11-7(12)3-1-5-10(9(15)16)6-2-4-8(13)14;;/h2*1-4H,5-6H2,(H,11,12)(H,13,14)(H,15,16);2*1H3. The van der Waals surface area contributed by atoms with E-state index < -0.39 is 23.9 Å². The molecular formula is C18H28N4O8S4. The Morgan fingerprint density at radius 3 is 0.853 bits per heavy atom. The third-order valence-corrected chi connectivity index (χ3v) is 3.97. The zero-order valence-electron chi connectivity index (χ0n) is 17.9. The molecule has 0 saturated carbocycles. The van der Waals surface area contributed by atoms with Gasteiger partial charge in [0.15, 0.2) is 0 Å². The summed E-state index contributed by atoms with van der Waals surface area (Å²) < 4.78 is 0.537. The number of thiocarbonyl (C=S) groups is 2. The van der Waals surface area contributed by atoms with E-state index in [0.717, 1.165) is 24.3 Å². The quantitative estimate of drug-likeness (QED) is 0.0976. The van der Waals surface area contributed by atoms with Crippen LogP contribution in [-0.4, -0.2) is 88.9 Å². The van der Waals surface area contributed by atoms with E-state index in [9.17, 15) is 19.2 Å². The number of aliphatic carboxylic acids is 4. The van der Waals surface area contributed by atoms with Gasteiger partial charge in [-0.2, -0.15) is 0 Å². The molecule has 0 heterocycles.